The van der Waals surface area contributed by atoms with Crippen LogP contribution in [-0.4, -0.2) is 62.7 Å². The first-order valence-electron chi connectivity index (χ1n) is 9.13. The SMILES string of the molecule is CN(C)C1(CNC(=O)C2CCN(c3ccc(Cl)c(Cl)c3)C2=O)CCOCC1. The lowest BCUT2D eigenvalue weighted by atomic mass is 9.88. The molecular formula is C19H25Cl2N3O3. The van der Waals surface area contributed by atoms with Gasteiger partial charge in [-0.3, -0.25) is 9.59 Å². The second kappa shape index (κ2) is 8.35. The van der Waals surface area contributed by atoms with E-state index in [4.69, 9.17) is 27.9 Å². The van der Waals surface area contributed by atoms with E-state index in [9.17, 15) is 9.59 Å². The Morgan fingerprint density at radius 1 is 1.30 bits per heavy atom. The molecule has 1 aromatic carbocycles. The second-order valence-corrected chi connectivity index (χ2v) is 8.19. The van der Waals surface area contributed by atoms with Gasteiger partial charge in [0.25, 0.3) is 0 Å². The van der Waals surface area contributed by atoms with Crippen LogP contribution in [0.5, 0.6) is 0 Å². The molecule has 0 saturated carbocycles. The topological polar surface area (TPSA) is 61.9 Å². The smallest absolute Gasteiger partial charge is 0.239 e. The average molecular weight is 414 g/mol. The summed E-state index contributed by atoms with van der Waals surface area (Å²) in [7, 11) is 4.04. The zero-order valence-corrected chi connectivity index (χ0v) is 17.1. The zero-order valence-electron chi connectivity index (χ0n) is 15.6. The summed E-state index contributed by atoms with van der Waals surface area (Å²) < 4.78 is 5.46. The van der Waals surface area contributed by atoms with Crippen LogP contribution in [-0.2, 0) is 14.3 Å². The van der Waals surface area contributed by atoms with Crippen LogP contribution in [0.15, 0.2) is 18.2 Å². The van der Waals surface area contributed by atoms with Gasteiger partial charge in [0.15, 0.2) is 0 Å². The number of benzene rings is 1. The molecule has 2 aliphatic rings. The van der Waals surface area contributed by atoms with Crippen LogP contribution < -0.4 is 10.2 Å². The molecule has 2 aliphatic heterocycles. The average Bonchev–Trinajstić information content (AvgIpc) is 3.04. The fraction of sp³-hybridized carbons (Fsp3) is 0.579. The Hall–Kier alpha value is -1.34. The highest BCUT2D eigenvalue weighted by atomic mass is 35.5. The maximum absolute atomic E-state index is 12.8. The zero-order chi connectivity index (χ0) is 19.6. The van der Waals surface area contributed by atoms with Crippen molar-refractivity contribution in [2.45, 2.75) is 24.8 Å². The van der Waals surface area contributed by atoms with E-state index in [-0.39, 0.29) is 17.4 Å². The minimum atomic E-state index is -0.668. The van der Waals surface area contributed by atoms with E-state index in [0.29, 0.717) is 48.5 Å². The predicted molar refractivity (Wildman–Crippen MR) is 106 cm³/mol. The highest BCUT2D eigenvalue weighted by molar-refractivity contribution is 6.42. The van der Waals surface area contributed by atoms with E-state index in [2.05, 4.69) is 10.2 Å². The quantitative estimate of drug-likeness (QED) is 0.753. The molecule has 6 nitrogen and oxygen atoms in total. The summed E-state index contributed by atoms with van der Waals surface area (Å²) in [6.45, 7) is 2.36. The Balaban J connectivity index is 1.64. The molecule has 2 saturated heterocycles. The molecule has 8 heteroatoms. The Labute approximate surface area is 169 Å². The van der Waals surface area contributed by atoms with Crippen LogP contribution in [0.25, 0.3) is 0 Å². The minimum absolute atomic E-state index is 0.126. The van der Waals surface area contributed by atoms with E-state index in [1.54, 1.807) is 23.1 Å². The summed E-state index contributed by atoms with van der Waals surface area (Å²) in [5.41, 5.74) is 0.540. The molecule has 0 spiro atoms. The van der Waals surface area contributed by atoms with Gasteiger partial charge in [0.05, 0.1) is 10.0 Å². The molecule has 2 fully saturated rings. The predicted octanol–water partition coefficient (Wildman–Crippen LogP) is 2.57. The third-order valence-corrected chi connectivity index (χ3v) is 6.44. The highest BCUT2D eigenvalue weighted by Crippen LogP contribution is 2.31. The van der Waals surface area contributed by atoms with Crippen LogP contribution in [0.1, 0.15) is 19.3 Å². The Bertz CT molecular complexity index is 720. The van der Waals surface area contributed by atoms with Crippen LogP contribution >= 0.6 is 23.2 Å². The fourth-order valence-electron chi connectivity index (χ4n) is 3.74. The molecule has 0 bridgehead atoms. The normalized spacial score (nSPS) is 22.3. The number of rotatable bonds is 5. The number of nitrogens with zero attached hydrogens (tertiary/aromatic N) is 2. The molecule has 2 amide bonds. The van der Waals surface area contributed by atoms with Crippen molar-refractivity contribution in [1.29, 1.82) is 0 Å². The molecule has 2 heterocycles. The molecule has 0 aromatic heterocycles. The lowest BCUT2D eigenvalue weighted by molar-refractivity contribution is -0.132. The number of nitrogens with one attached hydrogen (secondary N) is 1. The van der Waals surface area contributed by atoms with Gasteiger partial charge in [-0.1, -0.05) is 23.2 Å². The van der Waals surface area contributed by atoms with E-state index in [1.165, 1.54) is 0 Å². The van der Waals surface area contributed by atoms with Crippen LogP contribution in [0, 0.1) is 5.92 Å². The molecule has 0 radical (unpaired) electrons. The van der Waals surface area contributed by atoms with Crippen molar-refractivity contribution >= 4 is 40.7 Å². The highest BCUT2D eigenvalue weighted by Gasteiger charge is 2.40. The van der Waals surface area contributed by atoms with Gasteiger partial charge in [-0.05, 0) is 51.6 Å². The van der Waals surface area contributed by atoms with Gasteiger partial charge in [0.2, 0.25) is 11.8 Å². The molecule has 1 atom stereocenters. The van der Waals surface area contributed by atoms with Crippen molar-refractivity contribution in [3.8, 4) is 0 Å². The van der Waals surface area contributed by atoms with Gasteiger partial charge in [-0.25, -0.2) is 0 Å². The molecule has 1 unspecified atom stereocenters. The number of likely N-dealkylation sites (N-methyl/N-ethyl adjacent to an activating group) is 1. The summed E-state index contributed by atoms with van der Waals surface area (Å²) in [5.74, 6) is -1.08. The fourth-order valence-corrected chi connectivity index (χ4v) is 4.03. The number of ether oxygens (including phenoxy) is 1. The van der Waals surface area contributed by atoms with Crippen LogP contribution in [0.4, 0.5) is 5.69 Å². The number of anilines is 1. The number of carbonyl (C=O) groups is 2. The molecule has 27 heavy (non-hydrogen) atoms. The number of hydrogen-bond acceptors (Lipinski definition) is 4. The van der Waals surface area contributed by atoms with E-state index < -0.39 is 5.92 Å². The van der Waals surface area contributed by atoms with Gasteiger partial charge in [0.1, 0.15) is 5.92 Å². The first kappa shape index (κ1) is 20.4. The van der Waals surface area contributed by atoms with Crippen molar-refractivity contribution < 1.29 is 14.3 Å². The molecular weight excluding hydrogens is 389 g/mol. The van der Waals surface area contributed by atoms with Crippen LogP contribution in [0.3, 0.4) is 0 Å². The molecule has 1 N–H and O–H groups in total. The standard InChI is InChI=1S/C19H25Cl2N3O3/c1-23(2)19(6-9-27-10-7-19)12-22-17(25)14-5-8-24(18(14)26)13-3-4-15(20)16(21)11-13/h3-4,11,14H,5-10,12H2,1-2H3,(H,22,25). The van der Waals surface area contributed by atoms with E-state index in [0.717, 1.165) is 12.8 Å². The summed E-state index contributed by atoms with van der Waals surface area (Å²) in [6.07, 6.45) is 2.20. The van der Waals surface area contributed by atoms with Gasteiger partial charge < -0.3 is 19.9 Å². The third kappa shape index (κ3) is 4.24. The molecule has 1 aromatic rings. The summed E-state index contributed by atoms with van der Waals surface area (Å²) in [5, 5.41) is 3.84. The monoisotopic (exact) mass is 413 g/mol. The number of carbonyl (C=O) groups excluding carboxylic acids is 2. The first-order chi connectivity index (χ1) is 12.8. The minimum Gasteiger partial charge on any atom is -0.381 e. The Kier molecular flexibility index (Phi) is 6.31. The molecule has 0 aliphatic carbocycles. The Morgan fingerprint density at radius 2 is 2.00 bits per heavy atom. The van der Waals surface area contributed by atoms with E-state index in [1.807, 2.05) is 14.1 Å². The van der Waals surface area contributed by atoms with Crippen molar-refractivity contribution in [2.24, 2.45) is 5.92 Å². The number of halogens is 2. The van der Waals surface area contributed by atoms with Gasteiger partial charge in [0, 0.05) is 37.5 Å². The first-order valence-corrected chi connectivity index (χ1v) is 9.89. The van der Waals surface area contributed by atoms with Gasteiger partial charge >= 0.3 is 0 Å². The lowest BCUT2D eigenvalue weighted by Gasteiger charge is -2.43. The lowest BCUT2D eigenvalue weighted by Crippen LogP contribution is -2.56. The number of hydrogen-bond donors (Lipinski definition) is 1. The second-order valence-electron chi connectivity index (χ2n) is 7.38. The summed E-state index contributed by atoms with van der Waals surface area (Å²) in [6, 6.07) is 5.06. The van der Waals surface area contributed by atoms with E-state index >= 15 is 0 Å². The van der Waals surface area contributed by atoms with Gasteiger partial charge in [-0.15, -0.1) is 0 Å². The van der Waals surface area contributed by atoms with Crippen molar-refractivity contribution in [3.05, 3.63) is 28.2 Å². The maximum Gasteiger partial charge on any atom is 0.239 e. The van der Waals surface area contributed by atoms with Gasteiger partial charge in [-0.2, -0.15) is 0 Å². The maximum atomic E-state index is 12.8. The summed E-state index contributed by atoms with van der Waals surface area (Å²) >= 11 is 12.0. The Morgan fingerprint density at radius 3 is 2.63 bits per heavy atom. The molecule has 148 valence electrons. The number of amides is 2. The van der Waals surface area contributed by atoms with Crippen molar-refractivity contribution in [3.63, 3.8) is 0 Å². The largest absolute Gasteiger partial charge is 0.381 e. The van der Waals surface area contributed by atoms with Crippen molar-refractivity contribution in [2.75, 3.05) is 45.3 Å². The van der Waals surface area contributed by atoms with Crippen LogP contribution in [0.2, 0.25) is 10.0 Å². The molecule has 3 rings (SSSR count). The summed E-state index contributed by atoms with van der Waals surface area (Å²) in [4.78, 5) is 29.2. The van der Waals surface area contributed by atoms with Crippen molar-refractivity contribution in [1.82, 2.24) is 10.2 Å². The third-order valence-electron chi connectivity index (χ3n) is 5.70.